The van der Waals surface area contributed by atoms with Crippen molar-refractivity contribution >= 4 is 54.3 Å². The molecule has 0 fully saturated rings. The Morgan fingerprint density at radius 2 is 0.860 bits per heavy atom. The summed E-state index contributed by atoms with van der Waals surface area (Å²) in [6.45, 7) is 0. The van der Waals surface area contributed by atoms with Gasteiger partial charge >= 0.3 is 0 Å². The minimum atomic E-state index is 0.913. The van der Waals surface area contributed by atoms with Crippen LogP contribution < -0.4 is 0 Å². The van der Waals surface area contributed by atoms with Crippen molar-refractivity contribution in [3.63, 3.8) is 0 Å². The highest BCUT2D eigenvalue weighted by molar-refractivity contribution is 6.26. The van der Waals surface area contributed by atoms with Crippen molar-refractivity contribution in [3.05, 3.63) is 158 Å². The van der Waals surface area contributed by atoms with E-state index in [1.807, 2.05) is 0 Å². The normalized spacial score (nSPS) is 11.7. The second-order valence-corrected chi connectivity index (χ2v) is 11.3. The summed E-state index contributed by atoms with van der Waals surface area (Å²) in [5.41, 5.74) is 9.22. The molecular weight excluding hydrogens is 520 g/mol. The first-order chi connectivity index (χ1) is 21.3. The van der Waals surface area contributed by atoms with E-state index >= 15 is 0 Å². The molecule has 0 aliphatic rings. The molecule has 200 valence electrons. The molecule has 43 heavy (non-hydrogen) atoms. The molecule has 0 spiro atoms. The Hall–Kier alpha value is -5.66. The van der Waals surface area contributed by atoms with E-state index < -0.39 is 0 Å². The largest absolute Gasteiger partial charge is 0.456 e. The zero-order valence-corrected chi connectivity index (χ0v) is 23.4. The maximum Gasteiger partial charge on any atom is 0.136 e. The van der Waals surface area contributed by atoms with Crippen LogP contribution in [0.5, 0.6) is 0 Å². The molecule has 1 heterocycles. The molecule has 1 heteroatoms. The quantitative estimate of drug-likeness (QED) is 0.201. The van der Waals surface area contributed by atoms with Gasteiger partial charge in [0.25, 0.3) is 0 Å². The van der Waals surface area contributed by atoms with E-state index in [4.69, 9.17) is 4.42 Å². The van der Waals surface area contributed by atoms with Crippen LogP contribution in [0.15, 0.2) is 162 Å². The summed E-state index contributed by atoms with van der Waals surface area (Å²) in [7, 11) is 0. The van der Waals surface area contributed by atoms with Crippen molar-refractivity contribution in [1.29, 1.82) is 0 Å². The molecule has 8 aromatic carbocycles. The minimum Gasteiger partial charge on any atom is -0.456 e. The summed E-state index contributed by atoms with van der Waals surface area (Å²) >= 11 is 0. The monoisotopic (exact) mass is 546 g/mol. The Bertz CT molecular complexity index is 2420. The van der Waals surface area contributed by atoms with Gasteiger partial charge in [0.1, 0.15) is 11.2 Å². The van der Waals surface area contributed by atoms with E-state index in [-0.39, 0.29) is 0 Å². The van der Waals surface area contributed by atoms with E-state index in [0.29, 0.717) is 0 Å². The first-order valence-corrected chi connectivity index (χ1v) is 14.8. The summed E-state index contributed by atoms with van der Waals surface area (Å²) in [5.74, 6) is 0. The van der Waals surface area contributed by atoms with Gasteiger partial charge in [0.2, 0.25) is 0 Å². The highest BCUT2D eigenvalue weighted by Crippen LogP contribution is 2.47. The molecule has 0 amide bonds. The van der Waals surface area contributed by atoms with Crippen molar-refractivity contribution in [1.82, 2.24) is 0 Å². The van der Waals surface area contributed by atoms with Crippen LogP contribution in [0.1, 0.15) is 0 Å². The maximum atomic E-state index is 6.49. The fraction of sp³-hybridized carbons (Fsp3) is 0. The summed E-state index contributed by atoms with van der Waals surface area (Å²) in [5, 5.41) is 9.71. The van der Waals surface area contributed by atoms with Crippen molar-refractivity contribution in [3.8, 4) is 33.4 Å². The smallest absolute Gasteiger partial charge is 0.136 e. The van der Waals surface area contributed by atoms with Crippen LogP contribution in [-0.4, -0.2) is 0 Å². The molecular formula is C42H26O. The van der Waals surface area contributed by atoms with Crippen molar-refractivity contribution in [2.45, 2.75) is 0 Å². The molecule has 1 nitrogen and oxygen atoms in total. The van der Waals surface area contributed by atoms with Crippen molar-refractivity contribution in [2.24, 2.45) is 0 Å². The summed E-state index contributed by atoms with van der Waals surface area (Å²) in [6.07, 6.45) is 0. The zero-order chi connectivity index (χ0) is 28.3. The molecule has 9 aromatic rings. The molecule has 0 saturated heterocycles. The zero-order valence-electron chi connectivity index (χ0n) is 23.4. The number of rotatable bonds is 3. The molecule has 0 N–H and O–H groups in total. The third kappa shape index (κ3) is 3.72. The Morgan fingerprint density at radius 1 is 0.326 bits per heavy atom. The second kappa shape index (κ2) is 9.44. The molecule has 0 aliphatic heterocycles. The summed E-state index contributed by atoms with van der Waals surface area (Å²) in [6, 6.07) is 56.8. The summed E-state index contributed by atoms with van der Waals surface area (Å²) in [4.78, 5) is 0. The topological polar surface area (TPSA) is 13.1 Å². The van der Waals surface area contributed by atoms with Gasteiger partial charge in [0, 0.05) is 10.8 Å². The predicted octanol–water partition coefficient (Wildman–Crippen LogP) is 12.0. The van der Waals surface area contributed by atoms with Crippen LogP contribution in [0.25, 0.3) is 87.6 Å². The van der Waals surface area contributed by atoms with E-state index in [2.05, 4.69) is 158 Å². The first-order valence-electron chi connectivity index (χ1n) is 14.8. The van der Waals surface area contributed by atoms with E-state index in [0.717, 1.165) is 16.6 Å². The number of hydrogen-bond acceptors (Lipinski definition) is 1. The van der Waals surface area contributed by atoms with E-state index in [1.54, 1.807) is 0 Å². The predicted molar refractivity (Wildman–Crippen MR) is 183 cm³/mol. The van der Waals surface area contributed by atoms with Gasteiger partial charge in [-0.05, 0) is 83.9 Å². The number of benzene rings is 8. The van der Waals surface area contributed by atoms with E-state index in [1.165, 1.54) is 71.1 Å². The van der Waals surface area contributed by atoms with Crippen LogP contribution in [-0.2, 0) is 0 Å². The van der Waals surface area contributed by atoms with Gasteiger partial charge in [-0.25, -0.2) is 0 Å². The van der Waals surface area contributed by atoms with Gasteiger partial charge in [-0.15, -0.1) is 0 Å². The lowest BCUT2D eigenvalue weighted by Crippen LogP contribution is -1.91. The number of hydrogen-bond donors (Lipinski definition) is 0. The fourth-order valence-electron chi connectivity index (χ4n) is 6.91. The highest BCUT2D eigenvalue weighted by Gasteiger charge is 2.20. The van der Waals surface area contributed by atoms with Gasteiger partial charge in [0.05, 0.1) is 0 Å². The Morgan fingerprint density at radius 3 is 1.53 bits per heavy atom. The average Bonchev–Trinajstić information content (AvgIpc) is 3.44. The molecule has 0 unspecified atom stereocenters. The lowest BCUT2D eigenvalue weighted by Gasteiger charge is -2.18. The second-order valence-electron chi connectivity index (χ2n) is 11.3. The summed E-state index contributed by atoms with van der Waals surface area (Å²) < 4.78 is 6.49. The molecule has 9 rings (SSSR count). The van der Waals surface area contributed by atoms with Crippen LogP contribution in [0.3, 0.4) is 0 Å². The number of furan rings is 1. The molecule has 0 bridgehead atoms. The van der Waals surface area contributed by atoms with Crippen LogP contribution in [0.4, 0.5) is 0 Å². The lowest BCUT2D eigenvalue weighted by atomic mass is 9.84. The third-order valence-corrected chi connectivity index (χ3v) is 8.84. The molecule has 0 atom stereocenters. The Kier molecular flexibility index (Phi) is 5.27. The minimum absolute atomic E-state index is 0.913. The highest BCUT2D eigenvalue weighted by atomic mass is 16.3. The molecule has 1 aromatic heterocycles. The van der Waals surface area contributed by atoms with Crippen LogP contribution in [0, 0.1) is 0 Å². The van der Waals surface area contributed by atoms with Crippen molar-refractivity contribution < 1.29 is 4.42 Å². The molecule has 0 aliphatic carbocycles. The maximum absolute atomic E-state index is 6.49. The Balaban J connectivity index is 1.35. The van der Waals surface area contributed by atoms with Crippen molar-refractivity contribution in [2.75, 3.05) is 0 Å². The molecule has 0 radical (unpaired) electrons. The standard InChI is InChI=1S/C42H26O/c1-2-11-27(12-3-1)28-21-23-29(24-22-28)40-32-15-6-8-17-34(32)41(35-18-9-7-16-33(35)40)36-19-10-20-38-42(36)37-25-30-13-4-5-14-31(30)26-39(37)43-38/h1-26H. The Labute approximate surface area is 249 Å². The first kappa shape index (κ1) is 24.0. The SMILES string of the molecule is c1ccc(-c2ccc(-c3c4ccccc4c(-c4cccc5oc6cc7ccccc7cc6c45)c4ccccc34)cc2)cc1. The fourth-order valence-corrected chi connectivity index (χ4v) is 6.91. The van der Waals surface area contributed by atoms with Gasteiger partial charge < -0.3 is 4.42 Å². The van der Waals surface area contributed by atoms with Gasteiger partial charge in [-0.3, -0.25) is 0 Å². The van der Waals surface area contributed by atoms with Crippen LogP contribution in [0.2, 0.25) is 0 Å². The lowest BCUT2D eigenvalue weighted by molar-refractivity contribution is 0.669. The average molecular weight is 547 g/mol. The van der Waals surface area contributed by atoms with Gasteiger partial charge in [-0.1, -0.05) is 140 Å². The van der Waals surface area contributed by atoms with Gasteiger partial charge in [-0.2, -0.15) is 0 Å². The van der Waals surface area contributed by atoms with Crippen LogP contribution >= 0.6 is 0 Å². The van der Waals surface area contributed by atoms with Gasteiger partial charge in [0.15, 0.2) is 0 Å². The van der Waals surface area contributed by atoms with E-state index in [9.17, 15) is 0 Å². The third-order valence-electron chi connectivity index (χ3n) is 8.84. The number of fused-ring (bicyclic) bond motifs is 6. The molecule has 0 saturated carbocycles.